The zero-order valence-corrected chi connectivity index (χ0v) is 16.3. The monoisotopic (exact) mass is 382 g/mol. The molecule has 2 N–H and O–H groups in total. The van der Waals surface area contributed by atoms with Crippen LogP contribution in [-0.2, 0) is 16.4 Å². The van der Waals surface area contributed by atoms with E-state index in [0.717, 1.165) is 22.5 Å². The Bertz CT molecular complexity index is 1050. The number of sulfonamides is 1. The molecular weight excluding hydrogens is 360 g/mol. The molecule has 140 valence electrons. The second-order valence-corrected chi connectivity index (χ2v) is 8.00. The number of nitrogens with zero attached hydrogens (tertiary/aromatic N) is 2. The Kier molecular flexibility index (Phi) is 5.41. The fourth-order valence-electron chi connectivity index (χ4n) is 2.65. The zero-order valence-electron chi connectivity index (χ0n) is 15.5. The second-order valence-electron chi connectivity index (χ2n) is 6.31. The third-order valence-corrected chi connectivity index (χ3v) is 5.52. The van der Waals surface area contributed by atoms with E-state index in [9.17, 15) is 8.42 Å². The lowest BCUT2D eigenvalue weighted by molar-refractivity contribution is 0.601. The lowest BCUT2D eigenvalue weighted by atomic mass is 10.1. The molecule has 0 amide bonds. The third-order valence-electron chi connectivity index (χ3n) is 4.14. The summed E-state index contributed by atoms with van der Waals surface area (Å²) in [5, 5.41) is 3.18. The highest BCUT2D eigenvalue weighted by Crippen LogP contribution is 2.26. The van der Waals surface area contributed by atoms with Gasteiger partial charge in [0.2, 0.25) is 0 Å². The fourth-order valence-corrected chi connectivity index (χ4v) is 3.74. The van der Waals surface area contributed by atoms with E-state index in [1.165, 1.54) is 6.33 Å². The lowest BCUT2D eigenvalue weighted by Gasteiger charge is -2.14. The Balaban J connectivity index is 1.90. The van der Waals surface area contributed by atoms with Crippen molar-refractivity contribution in [1.82, 2.24) is 9.97 Å². The van der Waals surface area contributed by atoms with Crippen molar-refractivity contribution in [3.8, 4) is 0 Å². The Labute approximate surface area is 159 Å². The van der Waals surface area contributed by atoms with Gasteiger partial charge in [0.05, 0.1) is 10.6 Å². The maximum atomic E-state index is 12.7. The fraction of sp³-hybridized carbons (Fsp3) is 0.200. The quantitative estimate of drug-likeness (QED) is 0.667. The summed E-state index contributed by atoms with van der Waals surface area (Å²) in [4.78, 5) is 8.48. The Hall–Kier alpha value is -2.93. The number of rotatable bonds is 6. The number of hydrogen-bond acceptors (Lipinski definition) is 5. The molecule has 0 unspecified atom stereocenters. The molecule has 0 spiro atoms. The van der Waals surface area contributed by atoms with Crippen LogP contribution in [0.25, 0.3) is 0 Å². The Morgan fingerprint density at radius 3 is 2.37 bits per heavy atom. The molecule has 0 saturated carbocycles. The predicted octanol–water partition coefficient (Wildman–Crippen LogP) is 4.20. The molecule has 6 nitrogen and oxygen atoms in total. The number of nitrogens with one attached hydrogen (secondary N) is 2. The first-order valence-corrected chi connectivity index (χ1v) is 10.1. The molecule has 3 rings (SSSR count). The van der Waals surface area contributed by atoms with E-state index in [1.807, 2.05) is 39.0 Å². The molecular formula is C20H22N4O2S. The molecule has 1 aromatic heterocycles. The van der Waals surface area contributed by atoms with Crippen LogP contribution in [0.5, 0.6) is 0 Å². The summed E-state index contributed by atoms with van der Waals surface area (Å²) in [6.07, 6.45) is 2.19. The highest BCUT2D eigenvalue weighted by Gasteiger charge is 2.16. The SMILES string of the molecule is CCc1ccc(Nc2cc(C)ncn2)cc1NS(=O)(=O)c1ccc(C)cc1. The highest BCUT2D eigenvalue weighted by atomic mass is 32.2. The summed E-state index contributed by atoms with van der Waals surface area (Å²) >= 11 is 0. The van der Waals surface area contributed by atoms with E-state index in [1.54, 1.807) is 30.3 Å². The highest BCUT2D eigenvalue weighted by molar-refractivity contribution is 7.92. The standard InChI is InChI=1S/C20H22N4O2S/c1-4-16-7-8-17(23-20-11-15(3)21-13-22-20)12-19(16)24-27(25,26)18-9-5-14(2)6-10-18/h5-13,24H,4H2,1-3H3,(H,21,22,23). The molecule has 27 heavy (non-hydrogen) atoms. The second kappa shape index (κ2) is 7.75. The van der Waals surface area contributed by atoms with Crippen LogP contribution in [0, 0.1) is 13.8 Å². The molecule has 3 aromatic rings. The molecule has 2 aromatic carbocycles. The summed E-state index contributed by atoms with van der Waals surface area (Å²) in [6.45, 7) is 5.79. The predicted molar refractivity (Wildman–Crippen MR) is 108 cm³/mol. The lowest BCUT2D eigenvalue weighted by Crippen LogP contribution is -2.14. The minimum atomic E-state index is -3.66. The van der Waals surface area contributed by atoms with E-state index in [0.29, 0.717) is 17.9 Å². The van der Waals surface area contributed by atoms with Crippen LogP contribution in [0.3, 0.4) is 0 Å². The molecule has 7 heteroatoms. The summed E-state index contributed by atoms with van der Waals surface area (Å²) in [6, 6.07) is 14.2. The van der Waals surface area contributed by atoms with Gasteiger partial charge in [0, 0.05) is 17.4 Å². The van der Waals surface area contributed by atoms with Crippen LogP contribution in [-0.4, -0.2) is 18.4 Å². The van der Waals surface area contributed by atoms with Gasteiger partial charge in [-0.2, -0.15) is 0 Å². The van der Waals surface area contributed by atoms with Crippen LogP contribution in [0.1, 0.15) is 23.7 Å². The van der Waals surface area contributed by atoms with E-state index >= 15 is 0 Å². The van der Waals surface area contributed by atoms with Crippen LogP contribution >= 0.6 is 0 Å². The van der Waals surface area contributed by atoms with Crippen molar-refractivity contribution in [3.63, 3.8) is 0 Å². The van der Waals surface area contributed by atoms with E-state index < -0.39 is 10.0 Å². The first kappa shape index (κ1) is 18.8. The molecule has 0 aliphatic carbocycles. The van der Waals surface area contributed by atoms with Crippen LogP contribution in [0.2, 0.25) is 0 Å². The third kappa shape index (κ3) is 4.62. The van der Waals surface area contributed by atoms with E-state index in [-0.39, 0.29) is 4.90 Å². The van der Waals surface area contributed by atoms with Crippen LogP contribution < -0.4 is 10.0 Å². The molecule has 0 bridgehead atoms. The van der Waals surface area contributed by atoms with Gasteiger partial charge in [-0.1, -0.05) is 30.7 Å². The van der Waals surface area contributed by atoms with Gasteiger partial charge < -0.3 is 5.32 Å². The number of anilines is 3. The van der Waals surface area contributed by atoms with Crippen molar-refractivity contribution in [2.24, 2.45) is 0 Å². The molecule has 0 aliphatic heterocycles. The van der Waals surface area contributed by atoms with Gasteiger partial charge in [-0.05, 0) is 50.1 Å². The topological polar surface area (TPSA) is 84.0 Å². The molecule has 0 fully saturated rings. The van der Waals surface area contributed by atoms with E-state index in [2.05, 4.69) is 20.0 Å². The van der Waals surface area contributed by atoms with Gasteiger partial charge in [0.15, 0.2) is 0 Å². The summed E-state index contributed by atoms with van der Waals surface area (Å²) < 4.78 is 28.2. The van der Waals surface area contributed by atoms with Gasteiger partial charge in [0.1, 0.15) is 12.1 Å². The van der Waals surface area contributed by atoms with Crippen LogP contribution in [0.15, 0.2) is 59.8 Å². The smallest absolute Gasteiger partial charge is 0.261 e. The first-order valence-electron chi connectivity index (χ1n) is 8.65. The van der Waals surface area contributed by atoms with E-state index in [4.69, 9.17) is 0 Å². The summed E-state index contributed by atoms with van der Waals surface area (Å²) in [5.74, 6) is 0.652. The average molecular weight is 382 g/mol. The van der Waals surface area contributed by atoms with Crippen molar-refractivity contribution in [2.75, 3.05) is 10.0 Å². The van der Waals surface area contributed by atoms with Crippen molar-refractivity contribution in [3.05, 3.63) is 71.7 Å². The normalized spacial score (nSPS) is 11.2. The van der Waals surface area contributed by atoms with Crippen molar-refractivity contribution < 1.29 is 8.42 Å². The van der Waals surface area contributed by atoms with Crippen LogP contribution in [0.4, 0.5) is 17.2 Å². The van der Waals surface area contributed by atoms with Gasteiger partial charge in [0.25, 0.3) is 10.0 Å². The van der Waals surface area contributed by atoms with Gasteiger partial charge in [-0.25, -0.2) is 18.4 Å². The van der Waals surface area contributed by atoms with Crippen molar-refractivity contribution in [1.29, 1.82) is 0 Å². The Morgan fingerprint density at radius 2 is 1.70 bits per heavy atom. The maximum absolute atomic E-state index is 12.7. The molecule has 0 aliphatic rings. The summed E-state index contributed by atoms with van der Waals surface area (Å²) in [5.41, 5.74) is 4.06. The molecule has 1 heterocycles. The van der Waals surface area contributed by atoms with Gasteiger partial charge in [-0.15, -0.1) is 0 Å². The number of aryl methyl sites for hydroxylation is 3. The van der Waals surface area contributed by atoms with Crippen molar-refractivity contribution in [2.45, 2.75) is 32.1 Å². The first-order chi connectivity index (χ1) is 12.9. The Morgan fingerprint density at radius 1 is 0.963 bits per heavy atom. The van der Waals surface area contributed by atoms with Crippen molar-refractivity contribution >= 4 is 27.2 Å². The minimum Gasteiger partial charge on any atom is -0.340 e. The molecule has 0 saturated heterocycles. The van der Waals surface area contributed by atoms with Gasteiger partial charge >= 0.3 is 0 Å². The molecule has 0 radical (unpaired) electrons. The molecule has 0 atom stereocenters. The largest absolute Gasteiger partial charge is 0.340 e. The number of benzene rings is 2. The maximum Gasteiger partial charge on any atom is 0.261 e. The number of hydrogen-bond donors (Lipinski definition) is 2. The average Bonchev–Trinajstić information content (AvgIpc) is 2.62. The van der Waals surface area contributed by atoms with Gasteiger partial charge in [-0.3, -0.25) is 4.72 Å². The zero-order chi connectivity index (χ0) is 19.4. The summed E-state index contributed by atoms with van der Waals surface area (Å²) in [7, 11) is -3.66. The minimum absolute atomic E-state index is 0.236. The number of aromatic nitrogens is 2.